The Labute approximate surface area is 177 Å². The van der Waals surface area contributed by atoms with Gasteiger partial charge in [0, 0.05) is 37.9 Å². The molecule has 1 aliphatic heterocycles. The second-order valence-corrected chi connectivity index (χ2v) is 8.44. The Balaban J connectivity index is 1.48. The van der Waals surface area contributed by atoms with Gasteiger partial charge in [-0.1, -0.05) is 13.8 Å². The second-order valence-electron chi connectivity index (χ2n) is 8.44. The Morgan fingerprint density at radius 3 is 2.77 bits per heavy atom. The van der Waals surface area contributed by atoms with Crippen molar-refractivity contribution in [3.8, 4) is 0 Å². The van der Waals surface area contributed by atoms with Crippen molar-refractivity contribution >= 4 is 28.2 Å². The van der Waals surface area contributed by atoms with Crippen molar-refractivity contribution in [3.05, 3.63) is 54.0 Å². The normalized spacial score (nSPS) is 15.4. The van der Waals surface area contributed by atoms with Gasteiger partial charge in [0.2, 0.25) is 0 Å². The number of hydrogen-bond donors (Lipinski definition) is 2. The number of anilines is 2. The van der Waals surface area contributed by atoms with E-state index in [1.807, 2.05) is 24.4 Å². The van der Waals surface area contributed by atoms with Crippen molar-refractivity contribution in [1.82, 2.24) is 30.4 Å². The molecule has 0 spiro atoms. The number of fused-ring (bicyclic) bond motifs is 1. The molecule has 0 saturated carbocycles. The molecule has 0 aliphatic carbocycles. The molecule has 7 nitrogen and oxygen atoms in total. The number of allylic oxidation sites excluding steroid dienone is 1. The SMILES string of the molecule is C/C(=C\NCC1CN(C)C1)c1cnc2ccc(Nc3cc(C(C)C)cnn3)nc2c1. The van der Waals surface area contributed by atoms with Gasteiger partial charge in [-0.25, -0.2) is 4.98 Å². The summed E-state index contributed by atoms with van der Waals surface area (Å²) in [5.74, 6) is 2.55. The summed E-state index contributed by atoms with van der Waals surface area (Å²) in [4.78, 5) is 11.6. The van der Waals surface area contributed by atoms with Crippen molar-refractivity contribution in [2.45, 2.75) is 26.7 Å². The van der Waals surface area contributed by atoms with Gasteiger partial charge < -0.3 is 15.5 Å². The Morgan fingerprint density at radius 1 is 1.17 bits per heavy atom. The summed E-state index contributed by atoms with van der Waals surface area (Å²) in [7, 11) is 2.15. The van der Waals surface area contributed by atoms with Gasteiger partial charge in [0.05, 0.1) is 17.2 Å². The molecule has 4 rings (SSSR count). The van der Waals surface area contributed by atoms with Crippen molar-refractivity contribution in [3.63, 3.8) is 0 Å². The molecule has 3 aromatic heterocycles. The van der Waals surface area contributed by atoms with E-state index in [1.54, 1.807) is 6.20 Å². The summed E-state index contributed by atoms with van der Waals surface area (Å²) in [5, 5.41) is 15.0. The summed E-state index contributed by atoms with van der Waals surface area (Å²) in [5.41, 5.74) is 5.06. The number of aromatic nitrogens is 4. The van der Waals surface area contributed by atoms with E-state index >= 15 is 0 Å². The smallest absolute Gasteiger partial charge is 0.154 e. The molecule has 0 unspecified atom stereocenters. The van der Waals surface area contributed by atoms with Crippen LogP contribution in [0.5, 0.6) is 0 Å². The molecular formula is C23H29N7. The molecule has 2 N–H and O–H groups in total. The molecule has 0 bridgehead atoms. The van der Waals surface area contributed by atoms with E-state index in [0.717, 1.165) is 46.0 Å². The molecule has 4 heterocycles. The summed E-state index contributed by atoms with van der Waals surface area (Å²) in [6, 6.07) is 7.97. The summed E-state index contributed by atoms with van der Waals surface area (Å²) in [6.45, 7) is 9.71. The summed E-state index contributed by atoms with van der Waals surface area (Å²) >= 11 is 0. The standard InChI is InChI=1S/C23H29N7/c1-15(2)18-8-23(29-26-12-18)28-22-6-5-20-21(27-22)7-19(11-25-20)16(3)9-24-10-17-13-30(4)14-17/h5-9,11-12,15,17,24H,10,13-14H2,1-4H3,(H,27,28,29)/b16-9+. The largest absolute Gasteiger partial charge is 0.390 e. The number of nitrogens with zero attached hydrogens (tertiary/aromatic N) is 5. The van der Waals surface area contributed by atoms with Crippen molar-refractivity contribution in [2.24, 2.45) is 5.92 Å². The molecule has 3 aromatic rings. The summed E-state index contributed by atoms with van der Waals surface area (Å²) in [6.07, 6.45) is 5.78. The molecule has 0 amide bonds. The van der Waals surface area contributed by atoms with Crippen molar-refractivity contribution in [1.29, 1.82) is 0 Å². The number of likely N-dealkylation sites (tertiary alicyclic amines) is 1. The molecule has 156 valence electrons. The van der Waals surface area contributed by atoms with Gasteiger partial charge in [-0.2, -0.15) is 5.10 Å². The maximum Gasteiger partial charge on any atom is 0.154 e. The summed E-state index contributed by atoms with van der Waals surface area (Å²) < 4.78 is 0. The van der Waals surface area contributed by atoms with Gasteiger partial charge in [-0.15, -0.1) is 5.10 Å². The quantitative estimate of drug-likeness (QED) is 0.621. The maximum absolute atomic E-state index is 4.73. The van der Waals surface area contributed by atoms with E-state index in [9.17, 15) is 0 Å². The van der Waals surface area contributed by atoms with Gasteiger partial charge >= 0.3 is 0 Å². The van der Waals surface area contributed by atoms with Gasteiger partial charge in [0.25, 0.3) is 0 Å². The van der Waals surface area contributed by atoms with Crippen molar-refractivity contribution < 1.29 is 0 Å². The third-order valence-corrected chi connectivity index (χ3v) is 5.46. The number of pyridine rings is 2. The second kappa shape index (κ2) is 8.75. The van der Waals surface area contributed by atoms with Crippen LogP contribution in [0.2, 0.25) is 0 Å². The fourth-order valence-electron chi connectivity index (χ4n) is 3.60. The molecular weight excluding hydrogens is 374 g/mol. The molecule has 1 saturated heterocycles. The zero-order chi connectivity index (χ0) is 21.1. The lowest BCUT2D eigenvalue weighted by Gasteiger charge is -2.36. The topological polar surface area (TPSA) is 78.9 Å². The fourth-order valence-corrected chi connectivity index (χ4v) is 3.60. The minimum atomic E-state index is 0.394. The van der Waals surface area contributed by atoms with E-state index in [-0.39, 0.29) is 0 Å². The Hall–Kier alpha value is -3.06. The van der Waals surface area contributed by atoms with Crippen LogP contribution in [0.3, 0.4) is 0 Å². The highest BCUT2D eigenvalue weighted by atomic mass is 15.2. The van der Waals surface area contributed by atoms with E-state index in [1.165, 1.54) is 13.1 Å². The number of hydrogen-bond acceptors (Lipinski definition) is 7. The molecule has 30 heavy (non-hydrogen) atoms. The first-order valence-electron chi connectivity index (χ1n) is 10.4. The first-order valence-corrected chi connectivity index (χ1v) is 10.4. The lowest BCUT2D eigenvalue weighted by molar-refractivity contribution is 0.136. The molecule has 0 radical (unpaired) electrons. The zero-order valence-electron chi connectivity index (χ0n) is 18.1. The van der Waals surface area contributed by atoms with Crippen molar-refractivity contribution in [2.75, 3.05) is 32.0 Å². The molecule has 1 aliphatic rings. The first-order chi connectivity index (χ1) is 14.5. The minimum absolute atomic E-state index is 0.394. The first kappa shape index (κ1) is 20.2. The zero-order valence-corrected chi connectivity index (χ0v) is 18.1. The third-order valence-electron chi connectivity index (χ3n) is 5.46. The van der Waals surface area contributed by atoms with E-state index in [4.69, 9.17) is 4.98 Å². The van der Waals surface area contributed by atoms with E-state index in [2.05, 4.69) is 70.8 Å². The van der Waals surface area contributed by atoms with Crippen LogP contribution in [-0.4, -0.2) is 51.7 Å². The molecule has 0 aromatic carbocycles. The van der Waals surface area contributed by atoms with Crippen LogP contribution in [-0.2, 0) is 0 Å². The third kappa shape index (κ3) is 4.74. The Bertz CT molecular complexity index is 1050. The molecule has 1 fully saturated rings. The Morgan fingerprint density at radius 2 is 2.00 bits per heavy atom. The number of rotatable bonds is 7. The van der Waals surface area contributed by atoms with Crippen LogP contribution >= 0.6 is 0 Å². The maximum atomic E-state index is 4.73. The van der Waals surface area contributed by atoms with Crippen LogP contribution in [0.4, 0.5) is 11.6 Å². The number of nitrogens with one attached hydrogen (secondary N) is 2. The van der Waals surface area contributed by atoms with Gasteiger partial charge in [0.1, 0.15) is 5.82 Å². The van der Waals surface area contributed by atoms with Gasteiger partial charge in [-0.05, 0) is 60.9 Å². The lowest BCUT2D eigenvalue weighted by Crippen LogP contribution is -2.47. The highest BCUT2D eigenvalue weighted by Crippen LogP contribution is 2.22. The average molecular weight is 404 g/mol. The highest BCUT2D eigenvalue weighted by molar-refractivity contribution is 5.80. The molecule has 7 heteroatoms. The van der Waals surface area contributed by atoms with E-state index in [0.29, 0.717) is 11.7 Å². The van der Waals surface area contributed by atoms with Crippen LogP contribution in [0, 0.1) is 5.92 Å². The van der Waals surface area contributed by atoms with Crippen LogP contribution in [0.1, 0.15) is 37.8 Å². The van der Waals surface area contributed by atoms with Crippen LogP contribution in [0.15, 0.2) is 42.9 Å². The fraction of sp³-hybridized carbons (Fsp3) is 0.391. The lowest BCUT2D eigenvalue weighted by atomic mass is 10.0. The van der Waals surface area contributed by atoms with E-state index < -0.39 is 0 Å². The van der Waals surface area contributed by atoms with Gasteiger partial charge in [-0.3, -0.25) is 4.98 Å². The molecule has 0 atom stereocenters. The van der Waals surface area contributed by atoms with Crippen LogP contribution in [0.25, 0.3) is 16.6 Å². The predicted molar refractivity (Wildman–Crippen MR) is 122 cm³/mol. The highest BCUT2D eigenvalue weighted by Gasteiger charge is 2.21. The predicted octanol–water partition coefficient (Wildman–Crippen LogP) is 3.80. The average Bonchev–Trinajstić information content (AvgIpc) is 2.72. The Kier molecular flexibility index (Phi) is 5.90. The monoisotopic (exact) mass is 403 g/mol. The van der Waals surface area contributed by atoms with Gasteiger partial charge in [0.15, 0.2) is 5.82 Å². The van der Waals surface area contributed by atoms with Crippen LogP contribution < -0.4 is 10.6 Å². The minimum Gasteiger partial charge on any atom is -0.390 e.